The third kappa shape index (κ3) is 2.50. The van der Waals surface area contributed by atoms with Crippen LogP contribution in [-0.4, -0.2) is 9.78 Å². The molecule has 0 bridgehead atoms. The lowest BCUT2D eigenvalue weighted by atomic mass is 10.1. The maximum absolute atomic E-state index is 6.17. The zero-order valence-electron chi connectivity index (χ0n) is 9.92. The molecule has 1 aromatic heterocycles. The largest absolute Gasteiger partial charge is 0.239 e. The molecule has 0 aliphatic carbocycles. The van der Waals surface area contributed by atoms with E-state index in [9.17, 15) is 0 Å². The Bertz CT molecular complexity index is 705. The fraction of sp³-hybridized carbons (Fsp3) is 0. The van der Waals surface area contributed by atoms with E-state index in [0.717, 1.165) is 16.8 Å². The van der Waals surface area contributed by atoms with Crippen molar-refractivity contribution in [2.75, 3.05) is 0 Å². The Morgan fingerprint density at radius 3 is 2.42 bits per heavy atom. The second kappa shape index (κ2) is 5.08. The summed E-state index contributed by atoms with van der Waals surface area (Å²) in [6, 6.07) is 15.4. The standard InChI is InChI=1S/C15H10Cl2N2/c16-13-6-7-15(14(17)8-13)19-10-12(9-18-19)11-4-2-1-3-5-11/h1-10H. The van der Waals surface area contributed by atoms with E-state index < -0.39 is 0 Å². The van der Waals surface area contributed by atoms with E-state index >= 15 is 0 Å². The van der Waals surface area contributed by atoms with Gasteiger partial charge in [0.05, 0.1) is 16.9 Å². The Morgan fingerprint density at radius 1 is 0.895 bits per heavy atom. The Hall–Kier alpha value is -1.77. The molecule has 19 heavy (non-hydrogen) atoms. The average molecular weight is 289 g/mol. The van der Waals surface area contributed by atoms with E-state index in [-0.39, 0.29) is 0 Å². The van der Waals surface area contributed by atoms with Crippen LogP contribution in [0.2, 0.25) is 10.0 Å². The van der Waals surface area contributed by atoms with E-state index in [2.05, 4.69) is 5.10 Å². The summed E-state index contributed by atoms with van der Waals surface area (Å²) in [7, 11) is 0. The van der Waals surface area contributed by atoms with Crippen LogP contribution in [-0.2, 0) is 0 Å². The average Bonchev–Trinajstić information content (AvgIpc) is 2.89. The highest BCUT2D eigenvalue weighted by Crippen LogP contribution is 2.26. The van der Waals surface area contributed by atoms with Crippen LogP contribution < -0.4 is 0 Å². The predicted molar refractivity (Wildman–Crippen MR) is 79.0 cm³/mol. The highest BCUT2D eigenvalue weighted by atomic mass is 35.5. The maximum Gasteiger partial charge on any atom is 0.0833 e. The van der Waals surface area contributed by atoms with Gasteiger partial charge in [-0.2, -0.15) is 5.10 Å². The van der Waals surface area contributed by atoms with Crippen molar-refractivity contribution in [1.29, 1.82) is 0 Å². The zero-order chi connectivity index (χ0) is 13.2. The smallest absolute Gasteiger partial charge is 0.0833 e. The van der Waals surface area contributed by atoms with Gasteiger partial charge in [0.1, 0.15) is 0 Å². The number of hydrogen-bond acceptors (Lipinski definition) is 1. The molecule has 0 fully saturated rings. The van der Waals surface area contributed by atoms with Crippen molar-refractivity contribution in [3.05, 3.63) is 71.0 Å². The van der Waals surface area contributed by atoms with Crippen LogP contribution >= 0.6 is 23.2 Å². The van der Waals surface area contributed by atoms with Gasteiger partial charge in [-0.1, -0.05) is 53.5 Å². The molecule has 2 nitrogen and oxygen atoms in total. The normalized spacial score (nSPS) is 10.6. The molecule has 0 aliphatic rings. The van der Waals surface area contributed by atoms with Crippen LogP contribution in [0.3, 0.4) is 0 Å². The lowest BCUT2D eigenvalue weighted by Crippen LogP contribution is -1.94. The van der Waals surface area contributed by atoms with Gasteiger partial charge < -0.3 is 0 Å². The third-order valence-corrected chi connectivity index (χ3v) is 3.38. The number of rotatable bonds is 2. The number of benzene rings is 2. The zero-order valence-corrected chi connectivity index (χ0v) is 11.4. The molecule has 1 heterocycles. The summed E-state index contributed by atoms with van der Waals surface area (Å²) in [4.78, 5) is 0. The van der Waals surface area contributed by atoms with Gasteiger partial charge >= 0.3 is 0 Å². The van der Waals surface area contributed by atoms with Crippen LogP contribution in [0.5, 0.6) is 0 Å². The molecule has 94 valence electrons. The molecule has 4 heteroatoms. The number of aromatic nitrogens is 2. The van der Waals surface area contributed by atoms with E-state index in [1.807, 2.05) is 48.8 Å². The summed E-state index contributed by atoms with van der Waals surface area (Å²) in [5.74, 6) is 0. The van der Waals surface area contributed by atoms with Gasteiger partial charge in [0.25, 0.3) is 0 Å². The van der Waals surface area contributed by atoms with Crippen molar-refractivity contribution in [1.82, 2.24) is 9.78 Å². The fourth-order valence-electron chi connectivity index (χ4n) is 1.90. The van der Waals surface area contributed by atoms with E-state index in [1.54, 1.807) is 16.8 Å². The molecule has 0 atom stereocenters. The number of hydrogen-bond donors (Lipinski definition) is 0. The van der Waals surface area contributed by atoms with Gasteiger partial charge in [-0.05, 0) is 23.8 Å². The first-order chi connectivity index (χ1) is 9.24. The summed E-state index contributed by atoms with van der Waals surface area (Å²) >= 11 is 12.1. The van der Waals surface area contributed by atoms with Crippen molar-refractivity contribution < 1.29 is 0 Å². The maximum atomic E-state index is 6.17. The Labute approximate surface area is 121 Å². The Kier molecular flexibility index (Phi) is 3.28. The van der Waals surface area contributed by atoms with Crippen molar-refractivity contribution in [2.45, 2.75) is 0 Å². The molecule has 0 radical (unpaired) electrons. The molecule has 3 aromatic rings. The van der Waals surface area contributed by atoms with Crippen molar-refractivity contribution >= 4 is 23.2 Å². The van der Waals surface area contributed by atoms with Crippen LogP contribution in [0.1, 0.15) is 0 Å². The highest BCUT2D eigenvalue weighted by Gasteiger charge is 2.06. The summed E-state index contributed by atoms with van der Waals surface area (Å²) in [6.45, 7) is 0. The van der Waals surface area contributed by atoms with Gasteiger partial charge in [0.2, 0.25) is 0 Å². The van der Waals surface area contributed by atoms with Crippen LogP contribution in [0, 0.1) is 0 Å². The molecule has 0 spiro atoms. The molecule has 0 saturated heterocycles. The minimum absolute atomic E-state index is 0.579. The van der Waals surface area contributed by atoms with Crippen molar-refractivity contribution in [2.24, 2.45) is 0 Å². The SMILES string of the molecule is Clc1ccc(-n2cc(-c3ccccc3)cn2)c(Cl)c1. The molecule has 2 aromatic carbocycles. The van der Waals surface area contributed by atoms with Crippen LogP contribution in [0.15, 0.2) is 60.9 Å². The van der Waals surface area contributed by atoms with Gasteiger partial charge in [-0.15, -0.1) is 0 Å². The molecule has 0 amide bonds. The number of halogens is 2. The first-order valence-corrected chi connectivity index (χ1v) is 6.55. The summed E-state index contributed by atoms with van der Waals surface area (Å²) in [6.07, 6.45) is 3.77. The molecule has 3 rings (SSSR count). The Balaban J connectivity index is 2.02. The van der Waals surface area contributed by atoms with Crippen molar-refractivity contribution in [3.8, 4) is 16.8 Å². The predicted octanol–water partition coefficient (Wildman–Crippen LogP) is 4.85. The van der Waals surface area contributed by atoms with Gasteiger partial charge in [0.15, 0.2) is 0 Å². The molecular formula is C15H10Cl2N2. The fourth-order valence-corrected chi connectivity index (χ4v) is 2.40. The quantitative estimate of drug-likeness (QED) is 0.659. The first kappa shape index (κ1) is 12.3. The van der Waals surface area contributed by atoms with E-state index in [1.165, 1.54) is 0 Å². The Morgan fingerprint density at radius 2 is 1.68 bits per heavy atom. The monoisotopic (exact) mass is 288 g/mol. The minimum atomic E-state index is 0.579. The van der Waals surface area contributed by atoms with Gasteiger partial charge in [-0.3, -0.25) is 0 Å². The van der Waals surface area contributed by atoms with Gasteiger partial charge in [-0.25, -0.2) is 4.68 Å². The van der Waals surface area contributed by atoms with E-state index in [4.69, 9.17) is 23.2 Å². The molecule has 0 unspecified atom stereocenters. The first-order valence-electron chi connectivity index (χ1n) is 5.79. The summed E-state index contributed by atoms with van der Waals surface area (Å²) in [5.41, 5.74) is 2.98. The summed E-state index contributed by atoms with van der Waals surface area (Å²) in [5, 5.41) is 5.54. The second-order valence-electron chi connectivity index (χ2n) is 4.14. The van der Waals surface area contributed by atoms with Crippen LogP contribution in [0.4, 0.5) is 0 Å². The molecule has 0 N–H and O–H groups in total. The van der Waals surface area contributed by atoms with Crippen molar-refractivity contribution in [3.63, 3.8) is 0 Å². The lowest BCUT2D eigenvalue weighted by molar-refractivity contribution is 0.881. The molecule has 0 saturated carbocycles. The molecular weight excluding hydrogens is 279 g/mol. The topological polar surface area (TPSA) is 17.8 Å². The van der Waals surface area contributed by atoms with E-state index in [0.29, 0.717) is 10.0 Å². The second-order valence-corrected chi connectivity index (χ2v) is 4.98. The molecule has 0 aliphatic heterocycles. The minimum Gasteiger partial charge on any atom is -0.239 e. The lowest BCUT2D eigenvalue weighted by Gasteiger charge is -2.04. The summed E-state index contributed by atoms with van der Waals surface area (Å²) < 4.78 is 1.75. The van der Waals surface area contributed by atoms with Crippen LogP contribution in [0.25, 0.3) is 16.8 Å². The number of nitrogens with zero attached hydrogens (tertiary/aromatic N) is 2. The third-order valence-electron chi connectivity index (χ3n) is 2.85. The highest BCUT2D eigenvalue weighted by molar-refractivity contribution is 6.35. The van der Waals surface area contributed by atoms with Gasteiger partial charge in [0, 0.05) is 16.8 Å².